The van der Waals surface area contributed by atoms with Crippen molar-refractivity contribution in [2.75, 3.05) is 39.3 Å². The number of ether oxygens (including phenoxy) is 1. The van der Waals surface area contributed by atoms with Crippen LogP contribution in [0, 0.1) is 0 Å². The molecule has 9 nitrogen and oxygen atoms in total. The minimum absolute atomic E-state index is 0.124. The molecule has 1 unspecified atom stereocenters. The zero-order valence-electron chi connectivity index (χ0n) is 29.2. The summed E-state index contributed by atoms with van der Waals surface area (Å²) in [6, 6.07) is 27.4. The van der Waals surface area contributed by atoms with Crippen molar-refractivity contribution in [2.45, 2.75) is 71.2 Å². The van der Waals surface area contributed by atoms with Crippen molar-refractivity contribution in [3.63, 3.8) is 0 Å². The van der Waals surface area contributed by atoms with Gasteiger partial charge in [-0.1, -0.05) is 73.7 Å². The molecule has 1 atom stereocenters. The van der Waals surface area contributed by atoms with Gasteiger partial charge >= 0.3 is 6.09 Å². The maximum atomic E-state index is 14.5. The van der Waals surface area contributed by atoms with E-state index in [1.807, 2.05) is 111 Å². The number of fused-ring (bicyclic) bond motifs is 1. The number of aromatic nitrogens is 1. The number of nitrogens with zero attached hydrogens (tertiary/aromatic N) is 4. The lowest BCUT2D eigenvalue weighted by molar-refractivity contribution is 0.00553. The van der Waals surface area contributed by atoms with Crippen molar-refractivity contribution in [2.24, 2.45) is 0 Å². The van der Waals surface area contributed by atoms with E-state index in [2.05, 4.69) is 22.0 Å². The summed E-state index contributed by atoms with van der Waals surface area (Å²) in [5.74, 6) is -0.177. The molecule has 2 saturated heterocycles. The Bertz CT molecular complexity index is 1800. The Morgan fingerprint density at radius 3 is 2.02 bits per heavy atom. The maximum absolute atomic E-state index is 14.5. The highest BCUT2D eigenvalue weighted by molar-refractivity contribution is 6.08. The Kier molecular flexibility index (Phi) is 10.5. The Balaban J connectivity index is 1.26. The second-order valence-electron chi connectivity index (χ2n) is 14.2. The minimum atomic E-state index is -0.502. The van der Waals surface area contributed by atoms with Crippen LogP contribution in [0.5, 0.6) is 0 Å². The van der Waals surface area contributed by atoms with Gasteiger partial charge < -0.3 is 15.0 Å². The zero-order valence-corrected chi connectivity index (χ0v) is 29.2. The number of hydrogen-bond acceptors (Lipinski definition) is 6. The topological polar surface area (TPSA) is 87.1 Å². The fourth-order valence-corrected chi connectivity index (χ4v) is 7.24. The van der Waals surface area contributed by atoms with Crippen molar-refractivity contribution >= 4 is 22.8 Å². The van der Waals surface area contributed by atoms with E-state index in [-0.39, 0.29) is 23.6 Å². The SMILES string of the molecule is CCC(NC(=O)c1c(CN2CCC(N3CCN(C(=O)OC(C)(C)C)CC3)CC2)n(-c2ccccc2)c(=O)c2ccccc12)c1ccccc1. The number of amides is 2. The molecule has 3 heterocycles. The largest absolute Gasteiger partial charge is 0.444 e. The van der Waals surface area contributed by atoms with Gasteiger partial charge in [0.2, 0.25) is 0 Å². The van der Waals surface area contributed by atoms with Gasteiger partial charge in [-0.3, -0.25) is 24.0 Å². The number of piperazine rings is 1. The Hall–Kier alpha value is -4.47. The van der Waals surface area contributed by atoms with Crippen molar-refractivity contribution in [3.05, 3.63) is 112 Å². The van der Waals surface area contributed by atoms with Gasteiger partial charge in [0, 0.05) is 68.3 Å². The van der Waals surface area contributed by atoms with Crippen LogP contribution in [0.4, 0.5) is 4.79 Å². The van der Waals surface area contributed by atoms with Crippen LogP contribution in [0.15, 0.2) is 89.7 Å². The van der Waals surface area contributed by atoms with Crippen LogP contribution in [-0.4, -0.2) is 82.2 Å². The second-order valence-corrected chi connectivity index (χ2v) is 14.2. The highest BCUT2D eigenvalue weighted by Crippen LogP contribution is 2.28. The molecule has 2 amide bonds. The molecule has 49 heavy (non-hydrogen) atoms. The van der Waals surface area contributed by atoms with Crippen LogP contribution in [-0.2, 0) is 11.3 Å². The molecule has 0 spiro atoms. The van der Waals surface area contributed by atoms with Crippen molar-refractivity contribution in [3.8, 4) is 5.69 Å². The summed E-state index contributed by atoms with van der Waals surface area (Å²) in [5.41, 5.74) is 2.43. The first-order valence-corrected chi connectivity index (χ1v) is 17.6. The van der Waals surface area contributed by atoms with Gasteiger partial charge in [0.05, 0.1) is 17.3 Å². The van der Waals surface area contributed by atoms with Crippen molar-refractivity contribution < 1.29 is 14.3 Å². The third-order valence-corrected chi connectivity index (χ3v) is 9.76. The monoisotopic (exact) mass is 663 g/mol. The summed E-state index contributed by atoms with van der Waals surface area (Å²) in [6.45, 7) is 12.9. The van der Waals surface area contributed by atoms with Crippen LogP contribution in [0.2, 0.25) is 0 Å². The van der Waals surface area contributed by atoms with E-state index < -0.39 is 5.60 Å². The highest BCUT2D eigenvalue weighted by Gasteiger charge is 2.32. The molecule has 0 saturated carbocycles. The number of likely N-dealkylation sites (tertiary alicyclic amines) is 1. The summed E-state index contributed by atoms with van der Waals surface area (Å²) in [4.78, 5) is 48.0. The summed E-state index contributed by atoms with van der Waals surface area (Å²) in [5, 5.41) is 4.52. The molecule has 2 fully saturated rings. The summed E-state index contributed by atoms with van der Waals surface area (Å²) >= 11 is 0. The molecule has 0 aliphatic carbocycles. The predicted octanol–water partition coefficient (Wildman–Crippen LogP) is 6.39. The lowest BCUT2D eigenvalue weighted by atomic mass is 9.98. The van der Waals surface area contributed by atoms with E-state index in [0.29, 0.717) is 47.7 Å². The van der Waals surface area contributed by atoms with E-state index in [1.54, 1.807) is 4.57 Å². The number of pyridine rings is 1. The van der Waals surface area contributed by atoms with E-state index in [4.69, 9.17) is 4.74 Å². The molecule has 2 aliphatic rings. The number of nitrogens with one attached hydrogen (secondary N) is 1. The molecule has 9 heteroatoms. The predicted molar refractivity (Wildman–Crippen MR) is 194 cm³/mol. The third kappa shape index (κ3) is 7.89. The molecule has 2 aliphatic heterocycles. The Morgan fingerprint density at radius 1 is 0.816 bits per heavy atom. The van der Waals surface area contributed by atoms with Crippen LogP contribution in [0.3, 0.4) is 0 Å². The number of carbonyl (C=O) groups excluding carboxylic acids is 2. The molecule has 3 aromatic carbocycles. The normalized spacial score (nSPS) is 17.2. The molecule has 4 aromatic rings. The fourth-order valence-electron chi connectivity index (χ4n) is 7.24. The minimum Gasteiger partial charge on any atom is -0.444 e. The third-order valence-electron chi connectivity index (χ3n) is 9.76. The quantitative estimate of drug-likeness (QED) is 0.235. The highest BCUT2D eigenvalue weighted by atomic mass is 16.6. The Labute approximate surface area is 289 Å². The van der Waals surface area contributed by atoms with E-state index in [9.17, 15) is 14.4 Å². The molecular formula is C40H49N5O4. The van der Waals surface area contributed by atoms with Gasteiger partial charge in [0.25, 0.3) is 11.5 Å². The summed E-state index contributed by atoms with van der Waals surface area (Å²) in [7, 11) is 0. The first-order valence-electron chi connectivity index (χ1n) is 17.6. The van der Waals surface area contributed by atoms with Crippen LogP contribution in [0.1, 0.15) is 74.6 Å². The van der Waals surface area contributed by atoms with Gasteiger partial charge in [0.1, 0.15) is 5.60 Å². The van der Waals surface area contributed by atoms with Crippen LogP contribution < -0.4 is 10.9 Å². The maximum Gasteiger partial charge on any atom is 0.410 e. The fraction of sp³-hybridized carbons (Fsp3) is 0.425. The van der Waals surface area contributed by atoms with Gasteiger partial charge in [0.15, 0.2) is 0 Å². The average Bonchev–Trinajstić information content (AvgIpc) is 3.11. The van der Waals surface area contributed by atoms with Crippen LogP contribution in [0.25, 0.3) is 16.5 Å². The molecule has 6 rings (SSSR count). The molecule has 1 aromatic heterocycles. The lowest BCUT2D eigenvalue weighted by Gasteiger charge is -2.43. The van der Waals surface area contributed by atoms with E-state index in [0.717, 1.165) is 56.7 Å². The van der Waals surface area contributed by atoms with Crippen molar-refractivity contribution in [1.82, 2.24) is 24.6 Å². The molecule has 0 radical (unpaired) electrons. The smallest absolute Gasteiger partial charge is 0.410 e. The average molecular weight is 664 g/mol. The number of benzene rings is 3. The number of carbonyl (C=O) groups is 2. The van der Waals surface area contributed by atoms with Gasteiger partial charge in [-0.25, -0.2) is 4.79 Å². The number of rotatable bonds is 8. The number of hydrogen-bond donors (Lipinski definition) is 1. The van der Waals surface area contributed by atoms with E-state index in [1.165, 1.54) is 0 Å². The first kappa shape index (κ1) is 34.4. The Morgan fingerprint density at radius 2 is 1.41 bits per heavy atom. The number of para-hydroxylation sites is 1. The van der Waals surface area contributed by atoms with E-state index >= 15 is 0 Å². The second kappa shape index (κ2) is 15.0. The molecule has 0 bridgehead atoms. The number of piperidine rings is 1. The molecular weight excluding hydrogens is 614 g/mol. The van der Waals surface area contributed by atoms with Gasteiger partial charge in [-0.2, -0.15) is 0 Å². The summed E-state index contributed by atoms with van der Waals surface area (Å²) in [6.07, 6.45) is 2.45. The molecule has 258 valence electrons. The first-order chi connectivity index (χ1) is 23.6. The van der Waals surface area contributed by atoms with Crippen molar-refractivity contribution in [1.29, 1.82) is 0 Å². The lowest BCUT2D eigenvalue weighted by Crippen LogP contribution is -2.54. The summed E-state index contributed by atoms with van der Waals surface area (Å²) < 4.78 is 7.34. The molecule has 1 N–H and O–H groups in total. The zero-order chi connectivity index (χ0) is 34.5. The van der Waals surface area contributed by atoms with Crippen LogP contribution >= 0.6 is 0 Å². The van der Waals surface area contributed by atoms with Gasteiger partial charge in [-0.05, 0) is 63.8 Å². The standard InChI is InChI=1S/C40H49N5O4/c1-5-34(29-14-8-6-9-15-29)41-37(46)36-32-18-12-13-19-33(32)38(47)45(31-16-10-7-11-17-31)35(36)28-42-22-20-30(21-23-42)43-24-26-44(27-25-43)39(48)49-40(2,3)4/h6-19,30,34H,5,20-28H2,1-4H3,(H,41,46). The van der Waals surface area contributed by atoms with Gasteiger partial charge in [-0.15, -0.1) is 0 Å².